The topological polar surface area (TPSA) is 65.6 Å². The summed E-state index contributed by atoms with van der Waals surface area (Å²) in [6.45, 7) is 8.40. The van der Waals surface area contributed by atoms with E-state index in [-0.39, 0.29) is 11.6 Å². The van der Waals surface area contributed by atoms with Crippen molar-refractivity contribution in [2.24, 2.45) is 0 Å². The maximum atomic E-state index is 13.1. The van der Waals surface area contributed by atoms with Crippen LogP contribution in [-0.2, 0) is 6.54 Å². The number of rotatable bonds is 4. The number of nitrogens with zero attached hydrogens (tertiary/aromatic N) is 5. The Morgan fingerprint density at radius 1 is 1.20 bits per heavy atom. The van der Waals surface area contributed by atoms with Crippen LogP contribution in [0.5, 0.6) is 0 Å². The first-order chi connectivity index (χ1) is 12.2. The van der Waals surface area contributed by atoms with Gasteiger partial charge in [0.1, 0.15) is 17.2 Å². The molecule has 4 aromatic rings. The molecule has 1 aromatic carbocycles. The summed E-state index contributed by atoms with van der Waals surface area (Å²) in [6.07, 6.45) is 4.25. The fraction of sp³-hybridized carbons (Fsp3) is 0.263. The molecule has 6 heteroatoms. The maximum Gasteiger partial charge on any atom is 0.265 e. The van der Waals surface area contributed by atoms with Crippen LogP contribution in [0.15, 0.2) is 48.0 Å². The van der Waals surface area contributed by atoms with Gasteiger partial charge in [-0.1, -0.05) is 25.1 Å². The van der Waals surface area contributed by atoms with E-state index in [1.807, 2.05) is 35.8 Å². The molecule has 3 aromatic heterocycles. The molecule has 0 aliphatic heterocycles. The molecule has 0 aliphatic carbocycles. The summed E-state index contributed by atoms with van der Waals surface area (Å²) in [5.74, 6) is 0. The first-order valence-corrected chi connectivity index (χ1v) is 8.42. The second-order valence-electron chi connectivity index (χ2n) is 6.20. The third-order valence-corrected chi connectivity index (χ3v) is 4.65. The Labute approximate surface area is 144 Å². The number of benzene rings is 1. The maximum absolute atomic E-state index is 13.1. The standard InChI is InChI=1S/C19H19N5O/c1-4-10-23-17-15(19(25)24(11-20-17)12(3)5-2)16-18(23)22-14-9-7-6-8-13(14)21-16/h4,6-9,11-12H,1,5,10H2,2-3H3. The highest BCUT2D eigenvalue weighted by molar-refractivity contribution is 6.04. The second kappa shape index (κ2) is 5.81. The fourth-order valence-corrected chi connectivity index (χ4v) is 3.13. The van der Waals surface area contributed by atoms with Gasteiger partial charge in [0, 0.05) is 12.6 Å². The summed E-state index contributed by atoms with van der Waals surface area (Å²) in [4.78, 5) is 27.1. The molecule has 6 nitrogen and oxygen atoms in total. The van der Waals surface area contributed by atoms with Crippen LogP contribution in [0.1, 0.15) is 26.3 Å². The van der Waals surface area contributed by atoms with Crippen molar-refractivity contribution in [3.05, 3.63) is 53.6 Å². The van der Waals surface area contributed by atoms with Crippen LogP contribution in [-0.4, -0.2) is 24.1 Å². The summed E-state index contributed by atoms with van der Waals surface area (Å²) >= 11 is 0. The molecule has 0 spiro atoms. The summed E-state index contributed by atoms with van der Waals surface area (Å²) < 4.78 is 3.58. The Bertz CT molecular complexity index is 1170. The number of para-hydroxylation sites is 2. The van der Waals surface area contributed by atoms with Crippen LogP contribution < -0.4 is 5.56 Å². The number of aromatic nitrogens is 5. The Balaban J connectivity index is 2.20. The van der Waals surface area contributed by atoms with Gasteiger partial charge in [0.25, 0.3) is 5.56 Å². The lowest BCUT2D eigenvalue weighted by molar-refractivity contribution is 0.510. The molecule has 0 radical (unpaired) electrons. The van der Waals surface area contributed by atoms with Crippen molar-refractivity contribution in [1.82, 2.24) is 24.1 Å². The van der Waals surface area contributed by atoms with Crippen molar-refractivity contribution < 1.29 is 0 Å². The van der Waals surface area contributed by atoms with Crippen LogP contribution in [0.4, 0.5) is 0 Å². The quantitative estimate of drug-likeness (QED) is 0.537. The van der Waals surface area contributed by atoms with Gasteiger partial charge in [0.2, 0.25) is 0 Å². The van der Waals surface area contributed by atoms with Crippen LogP contribution >= 0.6 is 0 Å². The van der Waals surface area contributed by atoms with Crippen molar-refractivity contribution >= 4 is 33.2 Å². The lowest BCUT2D eigenvalue weighted by Crippen LogP contribution is -2.23. The number of hydrogen-bond donors (Lipinski definition) is 0. The fourth-order valence-electron chi connectivity index (χ4n) is 3.13. The molecular weight excluding hydrogens is 314 g/mol. The highest BCUT2D eigenvalue weighted by Crippen LogP contribution is 2.25. The molecule has 1 atom stereocenters. The van der Waals surface area contributed by atoms with E-state index in [0.29, 0.717) is 28.7 Å². The number of hydrogen-bond acceptors (Lipinski definition) is 4. The number of fused-ring (bicyclic) bond motifs is 4. The van der Waals surface area contributed by atoms with Crippen molar-refractivity contribution in [3.8, 4) is 0 Å². The lowest BCUT2D eigenvalue weighted by Gasteiger charge is -2.12. The van der Waals surface area contributed by atoms with Crippen LogP contribution in [0.3, 0.4) is 0 Å². The summed E-state index contributed by atoms with van der Waals surface area (Å²) in [7, 11) is 0. The highest BCUT2D eigenvalue weighted by atomic mass is 16.1. The molecule has 4 rings (SSSR count). The molecule has 25 heavy (non-hydrogen) atoms. The minimum Gasteiger partial charge on any atom is -0.305 e. The van der Waals surface area contributed by atoms with E-state index < -0.39 is 0 Å². The van der Waals surface area contributed by atoms with Gasteiger partial charge in [-0.15, -0.1) is 6.58 Å². The van der Waals surface area contributed by atoms with Gasteiger partial charge in [-0.05, 0) is 25.5 Å². The van der Waals surface area contributed by atoms with Crippen LogP contribution in [0.2, 0.25) is 0 Å². The van der Waals surface area contributed by atoms with Crippen molar-refractivity contribution in [1.29, 1.82) is 0 Å². The van der Waals surface area contributed by atoms with Crippen LogP contribution in [0, 0.1) is 0 Å². The van der Waals surface area contributed by atoms with Gasteiger partial charge < -0.3 is 4.57 Å². The van der Waals surface area contributed by atoms with Crippen molar-refractivity contribution in [3.63, 3.8) is 0 Å². The first kappa shape index (κ1) is 15.5. The molecule has 0 aliphatic rings. The van der Waals surface area contributed by atoms with Gasteiger partial charge >= 0.3 is 0 Å². The molecule has 1 unspecified atom stereocenters. The third-order valence-electron chi connectivity index (χ3n) is 4.65. The average Bonchev–Trinajstić information content (AvgIpc) is 2.94. The zero-order chi connectivity index (χ0) is 17.6. The lowest BCUT2D eigenvalue weighted by atomic mass is 10.2. The van der Waals surface area contributed by atoms with Crippen molar-refractivity contribution in [2.45, 2.75) is 32.9 Å². The molecule has 0 N–H and O–H groups in total. The average molecular weight is 333 g/mol. The first-order valence-electron chi connectivity index (χ1n) is 8.42. The van der Waals surface area contributed by atoms with E-state index in [0.717, 1.165) is 17.5 Å². The summed E-state index contributed by atoms with van der Waals surface area (Å²) in [6, 6.07) is 7.75. The monoisotopic (exact) mass is 333 g/mol. The van der Waals surface area contributed by atoms with Gasteiger partial charge in [-0.25, -0.2) is 15.0 Å². The molecule has 3 heterocycles. The minimum absolute atomic E-state index is 0.0725. The van der Waals surface area contributed by atoms with E-state index in [1.165, 1.54) is 0 Å². The van der Waals surface area contributed by atoms with Gasteiger partial charge in [-0.3, -0.25) is 9.36 Å². The SMILES string of the molecule is C=CCn1c2nc3ccccc3nc2c2c(=O)n(C(C)CC)cnc21. The third kappa shape index (κ3) is 2.25. The van der Waals surface area contributed by atoms with E-state index in [1.54, 1.807) is 17.0 Å². The van der Waals surface area contributed by atoms with Crippen LogP contribution in [0.25, 0.3) is 33.2 Å². The normalized spacial score (nSPS) is 12.9. The molecule has 126 valence electrons. The van der Waals surface area contributed by atoms with Gasteiger partial charge in [0.15, 0.2) is 11.3 Å². The molecule has 0 saturated heterocycles. The molecule has 0 fully saturated rings. The van der Waals surface area contributed by atoms with Gasteiger partial charge in [-0.2, -0.15) is 0 Å². The predicted molar refractivity (Wildman–Crippen MR) is 99.8 cm³/mol. The highest BCUT2D eigenvalue weighted by Gasteiger charge is 2.20. The van der Waals surface area contributed by atoms with E-state index in [9.17, 15) is 4.79 Å². The summed E-state index contributed by atoms with van der Waals surface area (Å²) in [5, 5.41) is 0.526. The Hall–Kier alpha value is -3.02. The molecule has 0 bridgehead atoms. The van der Waals surface area contributed by atoms with E-state index >= 15 is 0 Å². The Morgan fingerprint density at radius 2 is 1.92 bits per heavy atom. The Morgan fingerprint density at radius 3 is 2.60 bits per heavy atom. The smallest absolute Gasteiger partial charge is 0.265 e. The summed E-state index contributed by atoms with van der Waals surface area (Å²) in [5.41, 5.74) is 3.37. The van der Waals surface area contributed by atoms with E-state index in [4.69, 9.17) is 9.97 Å². The number of allylic oxidation sites excluding steroid dienone is 1. The molecule has 0 amide bonds. The Kier molecular flexibility index (Phi) is 3.60. The second-order valence-corrected chi connectivity index (χ2v) is 6.20. The minimum atomic E-state index is -0.0725. The predicted octanol–water partition coefficient (Wildman–Crippen LogP) is 3.45. The van der Waals surface area contributed by atoms with E-state index in [2.05, 4.69) is 18.5 Å². The molecular formula is C19H19N5O. The van der Waals surface area contributed by atoms with Crippen molar-refractivity contribution in [2.75, 3.05) is 0 Å². The van der Waals surface area contributed by atoms with Gasteiger partial charge in [0.05, 0.1) is 11.0 Å². The zero-order valence-electron chi connectivity index (χ0n) is 14.3. The largest absolute Gasteiger partial charge is 0.305 e. The molecule has 0 saturated carbocycles. The zero-order valence-corrected chi connectivity index (χ0v) is 14.3.